The lowest BCUT2D eigenvalue weighted by atomic mass is 10.1. The average Bonchev–Trinajstić information content (AvgIpc) is 3.87. The van der Waals surface area contributed by atoms with Crippen LogP contribution in [-0.2, 0) is 24.4 Å². The zero-order valence-electron chi connectivity index (χ0n) is 33.3. The van der Waals surface area contributed by atoms with E-state index in [1.165, 1.54) is 16.2 Å². The van der Waals surface area contributed by atoms with Crippen LogP contribution in [0.25, 0.3) is 32.9 Å². The van der Waals surface area contributed by atoms with Crippen molar-refractivity contribution in [3.05, 3.63) is 60.0 Å². The topological polar surface area (TPSA) is 188 Å². The van der Waals surface area contributed by atoms with Crippen LogP contribution in [0.15, 0.2) is 60.0 Å². The van der Waals surface area contributed by atoms with Crippen molar-refractivity contribution in [1.82, 2.24) is 29.5 Å². The third-order valence-corrected chi connectivity index (χ3v) is 15.1. The van der Waals surface area contributed by atoms with Crippen molar-refractivity contribution in [3.63, 3.8) is 0 Å². The minimum Gasteiger partial charge on any atom is -0.496 e. The van der Waals surface area contributed by atoms with Crippen LogP contribution in [0.1, 0.15) is 84.6 Å². The van der Waals surface area contributed by atoms with Crippen LogP contribution >= 0.6 is 11.3 Å². The van der Waals surface area contributed by atoms with E-state index in [0.29, 0.717) is 30.8 Å². The first-order valence-electron chi connectivity index (χ1n) is 20.1. The quantitative estimate of drug-likeness (QED) is 0.182. The fourth-order valence-electron chi connectivity index (χ4n) is 8.22. The Balaban J connectivity index is 1.09. The first-order chi connectivity index (χ1) is 27.7. The van der Waals surface area contributed by atoms with E-state index in [1.54, 1.807) is 14.0 Å². The summed E-state index contributed by atoms with van der Waals surface area (Å²) in [4.78, 5) is 53.7. The number of nitrogens with zero attached hydrogens (tertiary/aromatic N) is 4. The molecule has 0 unspecified atom stereocenters. The van der Waals surface area contributed by atoms with Gasteiger partial charge in [0.05, 0.1) is 35.7 Å². The number of para-hydroxylation sites is 2. The number of aromatic nitrogens is 3. The molecule has 2 aliphatic carbocycles. The van der Waals surface area contributed by atoms with Gasteiger partial charge in [-0.25, -0.2) is 13.4 Å². The van der Waals surface area contributed by atoms with Crippen LogP contribution in [-0.4, -0.2) is 87.7 Å². The average molecular weight is 830 g/mol. The van der Waals surface area contributed by atoms with Gasteiger partial charge in [0.15, 0.2) is 0 Å². The fourth-order valence-corrected chi connectivity index (χ4v) is 10.4. The number of methoxy groups -OCH3 is 1. The van der Waals surface area contributed by atoms with Crippen molar-refractivity contribution >= 4 is 50.1 Å². The smallest absolute Gasteiger partial charge is 0.297 e. The monoisotopic (exact) mass is 829 g/mol. The number of thiazole rings is 1. The number of ether oxygens (including phenoxy) is 2. The molecule has 3 fully saturated rings. The lowest BCUT2D eigenvalue weighted by Crippen LogP contribution is -2.58. The fraction of sp³-hybridized carbons (Fsp3) is 0.500. The van der Waals surface area contributed by atoms with E-state index in [2.05, 4.69) is 10.0 Å². The number of carbonyl (C=O) groups is 3. The van der Waals surface area contributed by atoms with Gasteiger partial charge in [-0.2, -0.15) is 4.98 Å². The molecule has 3 amide bonds. The van der Waals surface area contributed by atoms with Crippen LogP contribution in [0.5, 0.6) is 11.8 Å². The molecule has 0 bridgehead atoms. The Labute approximate surface area is 342 Å². The summed E-state index contributed by atoms with van der Waals surface area (Å²) in [6.07, 6.45) is 8.22. The Bertz CT molecular complexity index is 2390. The highest BCUT2D eigenvalue weighted by Gasteiger charge is 2.63. The first-order valence-corrected chi connectivity index (χ1v) is 22.5. The molecule has 58 heavy (non-hydrogen) atoms. The van der Waals surface area contributed by atoms with Gasteiger partial charge in [-0.1, -0.05) is 43.2 Å². The summed E-state index contributed by atoms with van der Waals surface area (Å²) >= 11 is 1.51. The van der Waals surface area contributed by atoms with Crippen LogP contribution < -0.4 is 25.2 Å². The second-order valence-corrected chi connectivity index (χ2v) is 19.6. The van der Waals surface area contributed by atoms with Crippen LogP contribution in [0.3, 0.4) is 0 Å². The molecule has 2 saturated carbocycles. The van der Waals surface area contributed by atoms with E-state index >= 15 is 0 Å². The molecule has 0 spiro atoms. The van der Waals surface area contributed by atoms with E-state index in [9.17, 15) is 22.8 Å². The third-order valence-electron chi connectivity index (χ3n) is 12.1. The number of allylic oxidation sites excluding steroid dienone is 1. The predicted octanol–water partition coefficient (Wildman–Crippen LogP) is 5.49. The van der Waals surface area contributed by atoms with Gasteiger partial charge < -0.3 is 25.4 Å². The van der Waals surface area contributed by atoms with Crippen molar-refractivity contribution < 1.29 is 32.3 Å². The maximum absolute atomic E-state index is 14.4. The summed E-state index contributed by atoms with van der Waals surface area (Å²) in [6.45, 7) is 5.75. The maximum atomic E-state index is 14.4. The van der Waals surface area contributed by atoms with Crippen LogP contribution in [0.4, 0.5) is 0 Å². The molecule has 14 nitrogen and oxygen atoms in total. The number of rotatable bonds is 9. The summed E-state index contributed by atoms with van der Waals surface area (Å²) in [5, 5.41) is 5.70. The Hall–Kier alpha value is -4.80. The van der Waals surface area contributed by atoms with Gasteiger partial charge in [-0.05, 0) is 83.6 Å². The molecule has 4 heterocycles. The SMILES string of the molecule is COc1ccccc1-c1csc(-c2cccc3c2nc(O[C@@H]2C[C@H]4C(=O)N[C@]5(C(=O)NS(=O)(=O)C6(C)CC6)C[C@H]5/C=C\CCCCC[C@H](N)C(=O)N4C2)n3C(C)C)n1. The van der Waals surface area contributed by atoms with Crippen molar-refractivity contribution in [2.45, 2.75) is 113 Å². The summed E-state index contributed by atoms with van der Waals surface area (Å²) in [5.74, 6) is -1.36. The van der Waals surface area contributed by atoms with Crippen LogP contribution in [0.2, 0.25) is 0 Å². The second kappa shape index (κ2) is 15.4. The molecule has 8 rings (SSSR count). The van der Waals surface area contributed by atoms with E-state index in [-0.39, 0.29) is 31.3 Å². The zero-order valence-corrected chi connectivity index (χ0v) is 34.9. The van der Waals surface area contributed by atoms with Crippen molar-refractivity contribution in [1.29, 1.82) is 0 Å². The molecular weight excluding hydrogens is 779 g/mol. The minimum absolute atomic E-state index is 0.0618. The molecule has 2 aliphatic heterocycles. The third kappa shape index (κ3) is 7.38. The second-order valence-electron chi connectivity index (χ2n) is 16.6. The summed E-state index contributed by atoms with van der Waals surface area (Å²) in [5.41, 5.74) is 9.07. The Morgan fingerprint density at radius 1 is 1.07 bits per heavy atom. The maximum Gasteiger partial charge on any atom is 0.297 e. The highest BCUT2D eigenvalue weighted by atomic mass is 32.2. The van der Waals surface area contributed by atoms with Gasteiger partial charge in [0, 0.05) is 34.9 Å². The molecule has 4 aliphatic rings. The Morgan fingerprint density at radius 2 is 1.84 bits per heavy atom. The highest BCUT2D eigenvalue weighted by molar-refractivity contribution is 7.91. The molecule has 2 aromatic heterocycles. The predicted molar refractivity (Wildman–Crippen MR) is 222 cm³/mol. The van der Waals surface area contributed by atoms with E-state index < -0.39 is 56.2 Å². The number of carbonyl (C=O) groups excluding carboxylic acids is 3. The molecule has 1 saturated heterocycles. The highest BCUT2D eigenvalue weighted by Crippen LogP contribution is 2.48. The number of hydrogen-bond donors (Lipinski definition) is 3. The molecule has 4 aromatic rings. The molecule has 0 radical (unpaired) electrons. The Kier molecular flexibility index (Phi) is 10.6. The minimum atomic E-state index is -3.96. The number of imidazole rings is 1. The standard InChI is InChI=1S/C42H51N7O7S2/c1-25(2)49-32-17-12-15-29(37-44-31(24-57-37)28-14-10-11-18-34(28)55-4)35(32)45-40(49)56-27-21-33-36(50)46-42(39(52)47-58(53,54)41(3)19-20-41)22-26(42)13-8-6-5-7-9-16-30(43)38(51)48(33)23-27/h8,10-15,17-18,24-27,30,33H,5-7,9,16,19-23,43H2,1-4H3,(H,46,50)(H,47,52)/b13-8-/t26-,27-,30+,33+,42-/m1/s1. The molecule has 308 valence electrons. The number of sulfonamides is 1. The van der Waals surface area contributed by atoms with Gasteiger partial charge in [0.2, 0.25) is 21.8 Å². The lowest BCUT2D eigenvalue weighted by Gasteiger charge is -2.28. The largest absolute Gasteiger partial charge is 0.496 e. The van der Waals surface area contributed by atoms with Gasteiger partial charge in [0.1, 0.15) is 34.0 Å². The van der Waals surface area contributed by atoms with Gasteiger partial charge in [-0.15, -0.1) is 11.3 Å². The summed E-state index contributed by atoms with van der Waals surface area (Å²) in [6, 6.07) is 12.1. The number of benzene rings is 2. The lowest BCUT2D eigenvalue weighted by molar-refractivity contribution is -0.140. The first kappa shape index (κ1) is 40.0. The normalized spacial score (nSPS) is 26.6. The molecule has 2 aromatic carbocycles. The number of fused-ring (bicyclic) bond motifs is 3. The van der Waals surface area contributed by atoms with E-state index in [4.69, 9.17) is 25.2 Å². The zero-order chi connectivity index (χ0) is 41.0. The van der Waals surface area contributed by atoms with Crippen molar-refractivity contribution in [3.8, 4) is 33.6 Å². The molecule has 4 N–H and O–H groups in total. The molecule has 16 heteroatoms. The van der Waals surface area contributed by atoms with Gasteiger partial charge in [-0.3, -0.25) is 23.7 Å². The molecular formula is C42H51N7O7S2. The summed E-state index contributed by atoms with van der Waals surface area (Å²) in [7, 11) is -2.32. The molecule has 5 atom stereocenters. The van der Waals surface area contributed by atoms with Gasteiger partial charge >= 0.3 is 0 Å². The van der Waals surface area contributed by atoms with Crippen molar-refractivity contribution in [2.75, 3.05) is 13.7 Å². The number of hydrogen-bond acceptors (Lipinski definition) is 11. The number of nitrogens with one attached hydrogen (secondary N) is 2. The Morgan fingerprint density at radius 3 is 2.60 bits per heavy atom. The van der Waals surface area contributed by atoms with E-state index in [1.807, 2.05) is 78.4 Å². The van der Waals surface area contributed by atoms with E-state index in [0.717, 1.165) is 58.8 Å². The van der Waals surface area contributed by atoms with Crippen molar-refractivity contribution in [2.24, 2.45) is 11.7 Å². The summed E-state index contributed by atoms with van der Waals surface area (Å²) < 4.78 is 41.8. The number of amides is 3. The van der Waals surface area contributed by atoms with Gasteiger partial charge in [0.25, 0.3) is 11.9 Å². The number of nitrogens with two attached hydrogens (primary N) is 1. The van der Waals surface area contributed by atoms with Crippen LogP contribution in [0, 0.1) is 5.92 Å².